The van der Waals surface area contributed by atoms with Gasteiger partial charge in [-0.15, -0.1) is 0 Å². The Morgan fingerprint density at radius 3 is 2.82 bits per heavy atom. The summed E-state index contributed by atoms with van der Waals surface area (Å²) in [4.78, 5) is 16.3. The molecule has 2 aliphatic heterocycles. The van der Waals surface area contributed by atoms with Crippen molar-refractivity contribution in [1.82, 2.24) is 19.9 Å². The van der Waals surface area contributed by atoms with Crippen molar-refractivity contribution in [3.8, 4) is 23.0 Å². The molecule has 2 saturated heterocycles. The van der Waals surface area contributed by atoms with Gasteiger partial charge in [-0.1, -0.05) is 17.7 Å². The number of methoxy groups -OCH3 is 1. The van der Waals surface area contributed by atoms with Crippen LogP contribution in [0.25, 0.3) is 22.3 Å². The molecule has 39 heavy (non-hydrogen) atoms. The van der Waals surface area contributed by atoms with Crippen molar-refractivity contribution in [2.24, 2.45) is 0 Å². The van der Waals surface area contributed by atoms with Gasteiger partial charge in [0.1, 0.15) is 29.9 Å². The Kier molecular flexibility index (Phi) is 6.03. The van der Waals surface area contributed by atoms with Crippen LogP contribution in [0.3, 0.4) is 0 Å². The third kappa shape index (κ3) is 4.35. The summed E-state index contributed by atoms with van der Waals surface area (Å²) in [5.74, 6) is 0.622. The van der Waals surface area contributed by atoms with E-state index in [9.17, 15) is 5.11 Å². The predicted octanol–water partition coefficient (Wildman–Crippen LogP) is 3.83. The molecule has 3 N–H and O–H groups in total. The highest BCUT2D eigenvalue weighted by Gasteiger charge is 2.48. The van der Waals surface area contributed by atoms with E-state index in [0.717, 1.165) is 16.7 Å². The highest BCUT2D eigenvalue weighted by atomic mass is 35.5. The summed E-state index contributed by atoms with van der Waals surface area (Å²) in [5.41, 5.74) is 4.12. The lowest BCUT2D eigenvalue weighted by molar-refractivity contribution is 0.00706. The highest BCUT2D eigenvalue weighted by molar-refractivity contribution is 6.33. The SMILES string of the molecule is COc1ccc(-c2cc(F)c3c(c2)CCC3Nc2nc3nc(O[C@@H]4CO[C@H]5[C@@H]4OC[C@H]5O)[nH]c3cc2Cl)cn1. The molecule has 202 valence electrons. The number of halogens is 2. The molecular weight excluding hydrogens is 529 g/mol. The topological polar surface area (TPSA) is 124 Å². The van der Waals surface area contributed by atoms with Gasteiger partial charge in [0.25, 0.3) is 6.01 Å². The molecule has 1 aromatic carbocycles. The average Bonchev–Trinajstić information content (AvgIpc) is 3.71. The first-order chi connectivity index (χ1) is 19.0. The van der Waals surface area contributed by atoms with E-state index in [0.29, 0.717) is 46.3 Å². The van der Waals surface area contributed by atoms with E-state index in [2.05, 4.69) is 25.3 Å². The van der Waals surface area contributed by atoms with Crippen LogP contribution in [0.5, 0.6) is 11.9 Å². The maximum absolute atomic E-state index is 15.4. The molecule has 1 aliphatic carbocycles. The summed E-state index contributed by atoms with van der Waals surface area (Å²) >= 11 is 6.55. The second-order valence-corrected chi connectivity index (χ2v) is 10.3. The Balaban J connectivity index is 1.11. The molecule has 1 unspecified atom stereocenters. The molecule has 0 amide bonds. The Morgan fingerprint density at radius 2 is 2.00 bits per heavy atom. The molecule has 7 rings (SSSR count). The number of anilines is 1. The molecule has 5 heterocycles. The van der Waals surface area contributed by atoms with Crippen molar-refractivity contribution in [2.45, 2.75) is 43.3 Å². The lowest BCUT2D eigenvalue weighted by Crippen LogP contribution is -2.34. The normalized spacial score (nSPS) is 25.6. The van der Waals surface area contributed by atoms with E-state index in [1.807, 2.05) is 12.1 Å². The maximum atomic E-state index is 15.4. The van der Waals surface area contributed by atoms with Gasteiger partial charge >= 0.3 is 0 Å². The fourth-order valence-electron chi connectivity index (χ4n) is 5.61. The van der Waals surface area contributed by atoms with Crippen LogP contribution in [0.1, 0.15) is 23.6 Å². The van der Waals surface area contributed by atoms with Gasteiger partial charge < -0.3 is 34.4 Å². The molecule has 2 fully saturated rings. The summed E-state index contributed by atoms with van der Waals surface area (Å²) in [6, 6.07) is 8.82. The third-order valence-corrected chi connectivity index (χ3v) is 7.79. The van der Waals surface area contributed by atoms with Crippen molar-refractivity contribution < 1.29 is 28.4 Å². The average molecular weight is 554 g/mol. The second kappa shape index (κ2) is 9.60. The van der Waals surface area contributed by atoms with Crippen LogP contribution in [0.4, 0.5) is 10.2 Å². The summed E-state index contributed by atoms with van der Waals surface area (Å²) in [6.45, 7) is 0.500. The zero-order valence-electron chi connectivity index (χ0n) is 20.9. The van der Waals surface area contributed by atoms with Crippen LogP contribution in [-0.4, -0.2) is 69.8 Å². The lowest BCUT2D eigenvalue weighted by Gasteiger charge is -2.17. The number of rotatable bonds is 6. The molecule has 0 bridgehead atoms. The summed E-state index contributed by atoms with van der Waals surface area (Å²) in [5, 5.41) is 13.6. The molecule has 0 saturated carbocycles. The fraction of sp³-hybridized carbons (Fsp3) is 0.370. The quantitative estimate of drug-likeness (QED) is 0.327. The van der Waals surface area contributed by atoms with Gasteiger partial charge in [-0.25, -0.2) is 14.4 Å². The number of pyridine rings is 2. The van der Waals surface area contributed by atoms with Crippen molar-refractivity contribution in [3.63, 3.8) is 0 Å². The summed E-state index contributed by atoms with van der Waals surface area (Å²) < 4.78 is 37.7. The van der Waals surface area contributed by atoms with Crippen molar-refractivity contribution in [3.05, 3.63) is 58.5 Å². The van der Waals surface area contributed by atoms with Crippen molar-refractivity contribution >= 4 is 28.6 Å². The van der Waals surface area contributed by atoms with Crippen LogP contribution in [0.2, 0.25) is 5.02 Å². The van der Waals surface area contributed by atoms with E-state index in [4.69, 9.17) is 30.5 Å². The minimum atomic E-state index is -0.662. The number of aromatic nitrogens is 4. The number of hydrogen-bond acceptors (Lipinski definition) is 9. The summed E-state index contributed by atoms with van der Waals surface area (Å²) in [6.07, 6.45) is 1.25. The van der Waals surface area contributed by atoms with Crippen LogP contribution in [-0.2, 0) is 15.9 Å². The number of benzene rings is 1. The number of H-pyrrole nitrogens is 1. The first-order valence-electron chi connectivity index (χ1n) is 12.7. The van der Waals surface area contributed by atoms with Gasteiger partial charge in [-0.2, -0.15) is 4.98 Å². The zero-order valence-corrected chi connectivity index (χ0v) is 21.6. The van der Waals surface area contributed by atoms with Crippen LogP contribution < -0.4 is 14.8 Å². The smallest absolute Gasteiger partial charge is 0.296 e. The minimum absolute atomic E-state index is 0.215. The van der Waals surface area contributed by atoms with Gasteiger partial charge in [-0.05, 0) is 42.2 Å². The molecule has 12 heteroatoms. The Labute approximate surface area is 227 Å². The maximum Gasteiger partial charge on any atom is 0.296 e. The molecule has 0 radical (unpaired) electrons. The second-order valence-electron chi connectivity index (χ2n) is 9.91. The van der Waals surface area contributed by atoms with E-state index >= 15 is 4.39 Å². The summed E-state index contributed by atoms with van der Waals surface area (Å²) in [7, 11) is 1.56. The highest BCUT2D eigenvalue weighted by Crippen LogP contribution is 2.40. The monoisotopic (exact) mass is 553 g/mol. The van der Waals surface area contributed by atoms with E-state index < -0.39 is 18.3 Å². The number of fused-ring (bicyclic) bond motifs is 3. The van der Waals surface area contributed by atoms with E-state index in [1.54, 1.807) is 25.4 Å². The zero-order chi connectivity index (χ0) is 26.7. The predicted molar refractivity (Wildman–Crippen MR) is 140 cm³/mol. The molecule has 3 aromatic heterocycles. The molecule has 4 aromatic rings. The first-order valence-corrected chi connectivity index (χ1v) is 13.1. The number of hydrogen-bond donors (Lipinski definition) is 3. The molecule has 5 atom stereocenters. The number of nitrogens with zero attached hydrogens (tertiary/aromatic N) is 3. The Hall–Kier alpha value is -3.51. The molecular formula is C27H25ClFN5O5. The lowest BCUT2D eigenvalue weighted by atomic mass is 10.00. The Bertz CT molecular complexity index is 1550. The Morgan fingerprint density at radius 1 is 1.13 bits per heavy atom. The minimum Gasteiger partial charge on any atom is -0.481 e. The number of aryl methyl sites for hydroxylation is 1. The van der Waals surface area contributed by atoms with Crippen LogP contribution >= 0.6 is 11.6 Å². The number of ether oxygens (including phenoxy) is 4. The largest absolute Gasteiger partial charge is 0.481 e. The fourth-order valence-corrected chi connectivity index (χ4v) is 5.81. The third-order valence-electron chi connectivity index (χ3n) is 7.51. The van der Waals surface area contributed by atoms with Gasteiger partial charge in [0.15, 0.2) is 11.8 Å². The van der Waals surface area contributed by atoms with Crippen molar-refractivity contribution in [1.29, 1.82) is 0 Å². The van der Waals surface area contributed by atoms with Crippen LogP contribution in [0, 0.1) is 5.82 Å². The van der Waals surface area contributed by atoms with Gasteiger partial charge in [0.05, 0.1) is 36.9 Å². The van der Waals surface area contributed by atoms with Gasteiger partial charge in [0.2, 0.25) is 5.88 Å². The molecule has 0 spiro atoms. The number of aliphatic hydroxyl groups is 1. The van der Waals surface area contributed by atoms with Gasteiger partial charge in [-0.3, -0.25) is 0 Å². The van der Waals surface area contributed by atoms with Crippen molar-refractivity contribution in [2.75, 3.05) is 25.6 Å². The first kappa shape index (κ1) is 24.5. The van der Waals surface area contributed by atoms with Gasteiger partial charge in [0, 0.05) is 23.4 Å². The number of nitrogens with one attached hydrogen (secondary N) is 2. The van der Waals surface area contributed by atoms with E-state index in [1.165, 1.54) is 6.07 Å². The number of imidazole rings is 1. The molecule has 3 aliphatic rings. The van der Waals surface area contributed by atoms with Crippen LogP contribution in [0.15, 0.2) is 36.5 Å². The molecule has 10 nitrogen and oxygen atoms in total. The van der Waals surface area contributed by atoms with E-state index in [-0.39, 0.29) is 37.2 Å². The number of aromatic amines is 1. The standard InChI is InChI=1S/C27H25ClFN5O5/c1-36-21-5-3-13(9-30-21)14-6-12-2-4-17(22(12)16(29)7-14)31-25-15(28)8-18-26(33-25)34-27(32-18)39-20-11-38-23-19(35)10-37-24(20)23/h3,5-9,17,19-20,23-24,35H,2,4,10-11H2,1H3,(H2,31,32,33,34)/t17?,19-,20-,23-,24-/m1/s1. The number of aliphatic hydroxyl groups excluding tert-OH is 1.